The zero-order valence-corrected chi connectivity index (χ0v) is 23.8. The van der Waals surface area contributed by atoms with Crippen LogP contribution in [0.25, 0.3) is 0 Å². The second-order valence-corrected chi connectivity index (χ2v) is 12.8. The number of pyridine rings is 1. The van der Waals surface area contributed by atoms with Gasteiger partial charge < -0.3 is 19.8 Å². The molecule has 1 saturated carbocycles. The monoisotopic (exact) mass is 558 g/mol. The number of carbonyl (C=O) groups is 1. The van der Waals surface area contributed by atoms with Crippen LogP contribution in [0, 0.1) is 16.6 Å². The Balaban J connectivity index is 1.67. The van der Waals surface area contributed by atoms with Crippen molar-refractivity contribution < 1.29 is 18.0 Å². The van der Waals surface area contributed by atoms with E-state index >= 15 is 0 Å². The molecule has 1 amide bonds. The first kappa shape index (κ1) is 29.5. The minimum Gasteiger partial charge on any atom is -0.320 e. The van der Waals surface area contributed by atoms with Crippen molar-refractivity contribution in [2.75, 3.05) is 11.9 Å². The second kappa shape index (κ2) is 10.8. The van der Waals surface area contributed by atoms with Gasteiger partial charge in [0.25, 0.3) is 17.9 Å². The summed E-state index contributed by atoms with van der Waals surface area (Å²) < 4.78 is 44.1. The summed E-state index contributed by atoms with van der Waals surface area (Å²) in [4.78, 5) is 26.3. The SMILES string of the molecule is Cn1cnnc1C1(c2ccc(F)c(NC(=O)c3cc(CNCC(C)(C)C)cn(CC(F)F)c3=O)c2)CC(C)(C)C1. The van der Waals surface area contributed by atoms with Gasteiger partial charge in [0.15, 0.2) is 0 Å². The number of nitrogens with one attached hydrogen (secondary N) is 2. The van der Waals surface area contributed by atoms with Crippen molar-refractivity contribution >= 4 is 11.6 Å². The Kier molecular flexibility index (Phi) is 7.99. The normalized spacial score (nSPS) is 16.1. The van der Waals surface area contributed by atoms with E-state index in [1.54, 1.807) is 18.5 Å². The number of hydrogen-bond donors (Lipinski definition) is 2. The van der Waals surface area contributed by atoms with E-state index < -0.39 is 35.7 Å². The zero-order valence-electron chi connectivity index (χ0n) is 23.8. The smallest absolute Gasteiger partial charge is 0.263 e. The molecule has 0 bridgehead atoms. The van der Waals surface area contributed by atoms with Crippen LogP contribution < -0.4 is 16.2 Å². The lowest BCUT2D eigenvalue weighted by molar-refractivity contribution is 0.0790. The van der Waals surface area contributed by atoms with Crippen molar-refractivity contribution in [3.63, 3.8) is 0 Å². The van der Waals surface area contributed by atoms with Crippen molar-refractivity contribution in [2.45, 2.75) is 72.4 Å². The lowest BCUT2D eigenvalue weighted by atomic mass is 9.51. The maximum atomic E-state index is 15.0. The summed E-state index contributed by atoms with van der Waals surface area (Å²) in [5.74, 6) is -0.816. The average Bonchev–Trinajstić information content (AvgIpc) is 3.25. The molecule has 8 nitrogen and oxygen atoms in total. The molecule has 2 aromatic heterocycles. The number of anilines is 1. The Morgan fingerprint density at radius 2 is 1.88 bits per heavy atom. The van der Waals surface area contributed by atoms with E-state index in [9.17, 15) is 22.8 Å². The third-order valence-electron chi connectivity index (χ3n) is 7.17. The highest BCUT2D eigenvalue weighted by molar-refractivity contribution is 6.04. The number of halogens is 3. The molecule has 3 aromatic rings. The Bertz CT molecular complexity index is 1450. The number of alkyl halides is 2. The molecule has 0 aliphatic heterocycles. The van der Waals surface area contributed by atoms with Crippen LogP contribution in [-0.2, 0) is 25.6 Å². The third-order valence-corrected chi connectivity index (χ3v) is 7.17. The van der Waals surface area contributed by atoms with Gasteiger partial charge in [0.05, 0.1) is 17.6 Å². The Morgan fingerprint density at radius 3 is 2.45 bits per heavy atom. The van der Waals surface area contributed by atoms with Crippen LogP contribution in [-0.4, -0.2) is 38.2 Å². The summed E-state index contributed by atoms with van der Waals surface area (Å²) in [5, 5.41) is 14.1. The zero-order chi connectivity index (χ0) is 29.5. The molecule has 1 aliphatic rings. The van der Waals surface area contributed by atoms with Crippen LogP contribution in [0.5, 0.6) is 0 Å². The molecule has 0 saturated heterocycles. The number of hydrogen-bond acceptors (Lipinski definition) is 5. The van der Waals surface area contributed by atoms with Gasteiger partial charge in [0.1, 0.15) is 23.5 Å². The molecule has 11 heteroatoms. The van der Waals surface area contributed by atoms with E-state index in [4.69, 9.17) is 0 Å². The molecular weight excluding hydrogens is 521 g/mol. The van der Waals surface area contributed by atoms with Crippen molar-refractivity contribution in [3.8, 4) is 0 Å². The quantitative estimate of drug-likeness (QED) is 0.391. The van der Waals surface area contributed by atoms with Crippen LogP contribution in [0.3, 0.4) is 0 Å². The molecular formula is C29H37F3N6O2. The fourth-order valence-corrected chi connectivity index (χ4v) is 5.72. The Hall–Kier alpha value is -3.47. The number of rotatable bonds is 9. The summed E-state index contributed by atoms with van der Waals surface area (Å²) in [6.45, 7) is 10.4. The van der Waals surface area contributed by atoms with Crippen molar-refractivity contribution in [3.05, 3.63) is 75.5 Å². The maximum Gasteiger partial charge on any atom is 0.263 e. The van der Waals surface area contributed by atoms with Gasteiger partial charge in [-0.15, -0.1) is 10.2 Å². The summed E-state index contributed by atoms with van der Waals surface area (Å²) in [5.41, 5.74) is -0.594. The molecule has 216 valence electrons. The third kappa shape index (κ3) is 6.29. The Labute approximate surface area is 232 Å². The van der Waals surface area contributed by atoms with Gasteiger partial charge >= 0.3 is 0 Å². The lowest BCUT2D eigenvalue weighted by Crippen LogP contribution is -2.49. The molecule has 2 N–H and O–H groups in total. The first-order chi connectivity index (χ1) is 18.6. The first-order valence-electron chi connectivity index (χ1n) is 13.3. The van der Waals surface area contributed by atoms with E-state index in [0.29, 0.717) is 12.1 Å². The summed E-state index contributed by atoms with van der Waals surface area (Å²) in [6, 6.07) is 5.87. The van der Waals surface area contributed by atoms with Crippen LogP contribution in [0.1, 0.15) is 74.8 Å². The standard InChI is InChI=1S/C29H37F3N6O2/c1-27(2,3)16-33-11-18-9-20(25(40)38(12-18)13-23(31)32)24(39)35-22-10-19(7-8-21(22)30)29(14-28(4,5)15-29)26-36-34-17-37(26)6/h7-10,12,17,23,33H,11,13-16H2,1-6H3,(H,35,39). The number of carbonyl (C=O) groups excluding carboxylic acids is 1. The van der Waals surface area contributed by atoms with E-state index in [1.165, 1.54) is 18.3 Å². The molecule has 0 spiro atoms. The van der Waals surface area contributed by atoms with Crippen LogP contribution in [0.4, 0.5) is 18.9 Å². The van der Waals surface area contributed by atoms with Gasteiger partial charge in [0, 0.05) is 26.3 Å². The molecule has 4 rings (SSSR count). The minimum atomic E-state index is -2.79. The number of benzene rings is 1. The topological polar surface area (TPSA) is 93.8 Å². The van der Waals surface area contributed by atoms with Gasteiger partial charge in [-0.1, -0.05) is 40.7 Å². The van der Waals surface area contributed by atoms with Gasteiger partial charge in [0.2, 0.25) is 0 Å². The van der Waals surface area contributed by atoms with Crippen LogP contribution in [0.2, 0.25) is 0 Å². The molecule has 2 heterocycles. The summed E-state index contributed by atoms with van der Waals surface area (Å²) >= 11 is 0. The van der Waals surface area contributed by atoms with Gasteiger partial charge in [-0.25, -0.2) is 13.2 Å². The number of aromatic nitrogens is 4. The molecule has 1 aromatic carbocycles. The maximum absolute atomic E-state index is 15.0. The molecule has 40 heavy (non-hydrogen) atoms. The average molecular weight is 559 g/mol. The van der Waals surface area contributed by atoms with E-state index in [2.05, 4.69) is 34.7 Å². The Morgan fingerprint density at radius 1 is 1.18 bits per heavy atom. The highest BCUT2D eigenvalue weighted by atomic mass is 19.3. The minimum absolute atomic E-state index is 0.0288. The predicted molar refractivity (Wildman–Crippen MR) is 147 cm³/mol. The fraction of sp³-hybridized carbons (Fsp3) is 0.517. The fourth-order valence-electron chi connectivity index (χ4n) is 5.72. The van der Waals surface area contributed by atoms with Gasteiger partial charge in [-0.2, -0.15) is 0 Å². The number of nitrogens with zero attached hydrogens (tertiary/aromatic N) is 4. The van der Waals surface area contributed by atoms with E-state index in [-0.39, 0.29) is 28.6 Å². The van der Waals surface area contributed by atoms with Crippen LogP contribution >= 0.6 is 0 Å². The molecule has 1 fully saturated rings. The van der Waals surface area contributed by atoms with E-state index in [1.807, 2.05) is 32.4 Å². The lowest BCUT2D eigenvalue weighted by Gasteiger charge is -2.52. The number of aryl methyl sites for hydroxylation is 1. The largest absolute Gasteiger partial charge is 0.320 e. The van der Waals surface area contributed by atoms with Gasteiger partial charge in [-0.05, 0) is 53.0 Å². The summed E-state index contributed by atoms with van der Waals surface area (Å²) in [6.07, 6.45) is 1.64. The highest BCUT2D eigenvalue weighted by Gasteiger charge is 2.54. The molecule has 0 radical (unpaired) electrons. The van der Waals surface area contributed by atoms with E-state index in [0.717, 1.165) is 28.8 Å². The van der Waals surface area contributed by atoms with Crippen molar-refractivity contribution in [1.29, 1.82) is 0 Å². The highest BCUT2D eigenvalue weighted by Crippen LogP contribution is 2.58. The predicted octanol–water partition coefficient (Wildman–Crippen LogP) is 4.88. The first-order valence-corrected chi connectivity index (χ1v) is 13.3. The van der Waals surface area contributed by atoms with Gasteiger partial charge in [-0.3, -0.25) is 9.59 Å². The van der Waals surface area contributed by atoms with Crippen LogP contribution in [0.15, 0.2) is 41.6 Å². The van der Waals surface area contributed by atoms with Crippen molar-refractivity contribution in [2.24, 2.45) is 17.9 Å². The summed E-state index contributed by atoms with van der Waals surface area (Å²) in [7, 11) is 1.85. The second-order valence-electron chi connectivity index (χ2n) is 12.8. The molecule has 0 unspecified atom stereocenters. The molecule has 0 atom stereocenters. The van der Waals surface area contributed by atoms with Crippen molar-refractivity contribution in [1.82, 2.24) is 24.6 Å². The molecule has 1 aliphatic carbocycles. The number of amides is 1.